The number of aliphatic imine (C=N–C) groups is 2. The molecule has 10 rings (SSSR count). The molecule has 2 aliphatic heterocycles. The van der Waals surface area contributed by atoms with Gasteiger partial charge in [-0.05, 0) is 60.7 Å². The average Bonchev–Trinajstić information content (AvgIpc) is 4.02. The van der Waals surface area contributed by atoms with Gasteiger partial charge in [0.2, 0.25) is 0 Å². The molecule has 0 saturated carbocycles. The molecule has 2 aromatic carbocycles. The van der Waals surface area contributed by atoms with Crippen molar-refractivity contribution in [3.8, 4) is 23.2 Å². The summed E-state index contributed by atoms with van der Waals surface area (Å²) < 4.78 is 21.5. The van der Waals surface area contributed by atoms with Gasteiger partial charge in [0.1, 0.15) is 47.7 Å². The fraction of sp³-hybridized carbons (Fsp3) is 0.222. The van der Waals surface area contributed by atoms with Crippen LogP contribution in [0.5, 0.6) is 0 Å². The van der Waals surface area contributed by atoms with Crippen molar-refractivity contribution in [3.05, 3.63) is 107 Å². The minimum absolute atomic E-state index is 0.268. The Kier molecular flexibility index (Phi) is 7.59. The zero-order valence-electron chi connectivity index (χ0n) is 28.3. The molecule has 0 radical (unpaired) electrons. The van der Waals surface area contributed by atoms with Crippen LogP contribution >= 0.6 is 0 Å². The van der Waals surface area contributed by atoms with E-state index >= 15 is 0 Å². The topological polar surface area (TPSA) is 203 Å². The van der Waals surface area contributed by atoms with Crippen molar-refractivity contribution in [3.63, 3.8) is 0 Å². The number of fused-ring (bicyclic) bond motifs is 2. The number of imidazole rings is 2. The molecule has 0 amide bonds. The molecule has 2 aliphatic rings. The first-order chi connectivity index (χ1) is 26.1. The third-order valence-electron chi connectivity index (χ3n) is 8.96. The predicted octanol–water partition coefficient (Wildman–Crippen LogP) is 3.66. The Morgan fingerprint density at radius 1 is 0.623 bits per heavy atom. The Bertz CT molecular complexity index is 2470. The van der Waals surface area contributed by atoms with E-state index in [-0.39, 0.29) is 13.2 Å². The second-order valence-corrected chi connectivity index (χ2v) is 12.8. The van der Waals surface area contributed by atoms with Crippen LogP contribution in [0.15, 0.2) is 91.9 Å². The van der Waals surface area contributed by atoms with Gasteiger partial charge in [-0.3, -0.25) is 9.98 Å². The first kappa shape index (κ1) is 30.9. The summed E-state index contributed by atoms with van der Waals surface area (Å²) in [5.41, 5.74) is 7.00. The van der Waals surface area contributed by atoms with E-state index in [0.717, 1.165) is 82.6 Å². The zero-order chi connectivity index (χ0) is 35.1. The molecule has 53 heavy (non-hydrogen) atoms. The van der Waals surface area contributed by atoms with Crippen LogP contribution in [0, 0.1) is 0 Å². The molecule has 0 spiro atoms. The number of ether oxygens (including phenoxy) is 1. The average molecular weight is 709 g/mol. The summed E-state index contributed by atoms with van der Waals surface area (Å²) in [6.45, 7) is 4.67. The minimum atomic E-state index is 0.268. The Labute approximate surface area is 300 Å². The first-order valence-corrected chi connectivity index (χ1v) is 17.3. The molecule has 8 aromatic rings. The third-order valence-corrected chi connectivity index (χ3v) is 8.96. The van der Waals surface area contributed by atoms with Gasteiger partial charge >= 0.3 is 0 Å². The van der Waals surface area contributed by atoms with Crippen LogP contribution in [0.1, 0.15) is 34.0 Å². The highest BCUT2D eigenvalue weighted by atomic mass is 16.5. The van der Waals surface area contributed by atoms with E-state index in [0.29, 0.717) is 47.6 Å². The predicted molar refractivity (Wildman–Crippen MR) is 193 cm³/mol. The Balaban J connectivity index is 0.717. The van der Waals surface area contributed by atoms with Crippen LogP contribution in [-0.2, 0) is 31.0 Å². The smallest absolute Gasteiger partial charge is 0.174 e. The number of nitrogens with zero attached hydrogens (tertiary/aromatic N) is 10. The van der Waals surface area contributed by atoms with Crippen molar-refractivity contribution in [1.82, 2.24) is 60.6 Å². The van der Waals surface area contributed by atoms with Gasteiger partial charge in [-0.1, -0.05) is 10.4 Å². The van der Waals surface area contributed by atoms with Crippen LogP contribution in [0.25, 0.3) is 45.2 Å². The number of rotatable bonds is 12. The number of hydrogen-bond acceptors (Lipinski definition) is 13. The minimum Gasteiger partial charge on any atom is -0.456 e. The molecule has 0 aliphatic carbocycles. The Morgan fingerprint density at radius 3 is 1.60 bits per heavy atom. The summed E-state index contributed by atoms with van der Waals surface area (Å²) in [7, 11) is 0. The fourth-order valence-corrected chi connectivity index (χ4v) is 6.45. The monoisotopic (exact) mass is 708 g/mol. The molecule has 0 fully saturated rings. The summed E-state index contributed by atoms with van der Waals surface area (Å²) in [4.78, 5) is 25.1. The van der Waals surface area contributed by atoms with E-state index in [4.69, 9.17) is 23.5 Å². The molecular weight excluding hydrogens is 676 g/mol. The number of amidine groups is 2. The molecule has 17 nitrogen and oxygen atoms in total. The van der Waals surface area contributed by atoms with Gasteiger partial charge in [-0.25, -0.2) is 19.3 Å². The molecule has 264 valence electrons. The quantitative estimate of drug-likeness (QED) is 0.144. The molecule has 0 bridgehead atoms. The van der Waals surface area contributed by atoms with Crippen LogP contribution in [-0.4, -0.2) is 87.8 Å². The number of benzene rings is 2. The van der Waals surface area contributed by atoms with Gasteiger partial charge in [0, 0.05) is 24.2 Å². The lowest BCUT2D eigenvalue weighted by Gasteiger charge is -2.01. The van der Waals surface area contributed by atoms with E-state index in [1.54, 1.807) is 9.36 Å². The standard InChI is InChI=1S/C36H32N14O3/c1-5-27-29(13-21(1)33-37-9-10-38-33)43-35(41-27)31-7-3-25(52-31)17-49-15-23(45-47-49)19-51-20-24-16-50(48-46-24)18-26-4-8-32(53-26)36-42-28-6-2-22(14-30(28)44-36)34-39-11-12-40-34/h1-8,13-16H,9-12,17-20H2,(H,37,38)(H,39,40)(H,41,43)(H,42,44). The van der Waals surface area contributed by atoms with Crippen molar-refractivity contribution in [2.75, 3.05) is 26.2 Å². The van der Waals surface area contributed by atoms with Crippen LogP contribution in [0.3, 0.4) is 0 Å². The first-order valence-electron chi connectivity index (χ1n) is 17.3. The highest BCUT2D eigenvalue weighted by Crippen LogP contribution is 2.26. The number of aromatic amines is 2. The van der Waals surface area contributed by atoms with Crippen LogP contribution in [0.4, 0.5) is 0 Å². The third kappa shape index (κ3) is 6.33. The largest absolute Gasteiger partial charge is 0.456 e. The van der Waals surface area contributed by atoms with Gasteiger partial charge in [0.25, 0.3) is 0 Å². The normalized spacial score (nSPS) is 14.3. The summed E-state index contributed by atoms with van der Waals surface area (Å²) in [6.07, 6.45) is 3.66. The van der Waals surface area contributed by atoms with E-state index < -0.39 is 0 Å². The molecule has 17 heteroatoms. The lowest BCUT2D eigenvalue weighted by atomic mass is 10.2. The van der Waals surface area contributed by atoms with E-state index in [1.165, 1.54) is 0 Å². The molecule has 8 heterocycles. The van der Waals surface area contributed by atoms with Crippen LogP contribution < -0.4 is 10.6 Å². The second kappa shape index (κ2) is 13.0. The maximum absolute atomic E-state index is 6.10. The van der Waals surface area contributed by atoms with E-state index in [2.05, 4.69) is 63.3 Å². The summed E-state index contributed by atoms with van der Waals surface area (Å²) in [6, 6.07) is 19.7. The van der Waals surface area contributed by atoms with Gasteiger partial charge in [0.15, 0.2) is 23.2 Å². The Morgan fingerprint density at radius 2 is 1.13 bits per heavy atom. The number of nitrogens with one attached hydrogen (secondary N) is 4. The second-order valence-electron chi connectivity index (χ2n) is 12.8. The van der Waals surface area contributed by atoms with Crippen molar-refractivity contribution >= 4 is 33.7 Å². The maximum atomic E-state index is 6.10. The van der Waals surface area contributed by atoms with Gasteiger partial charge in [-0.2, -0.15) is 0 Å². The van der Waals surface area contributed by atoms with Gasteiger partial charge in [0.05, 0.1) is 60.8 Å². The van der Waals surface area contributed by atoms with Crippen LogP contribution in [0.2, 0.25) is 0 Å². The Hall–Kier alpha value is -6.88. The van der Waals surface area contributed by atoms with Crippen molar-refractivity contribution in [2.24, 2.45) is 9.98 Å². The maximum Gasteiger partial charge on any atom is 0.174 e. The molecule has 0 unspecified atom stereocenters. The molecule has 0 atom stereocenters. The number of H-pyrrole nitrogens is 2. The molecule has 6 aromatic heterocycles. The van der Waals surface area contributed by atoms with Crippen molar-refractivity contribution < 1.29 is 13.6 Å². The zero-order valence-corrected chi connectivity index (χ0v) is 28.3. The number of hydrogen-bond donors (Lipinski definition) is 4. The van der Waals surface area contributed by atoms with Crippen molar-refractivity contribution in [2.45, 2.75) is 26.3 Å². The van der Waals surface area contributed by atoms with Crippen molar-refractivity contribution in [1.29, 1.82) is 0 Å². The lowest BCUT2D eigenvalue weighted by molar-refractivity contribution is 0.102. The summed E-state index contributed by atoms with van der Waals surface area (Å²) >= 11 is 0. The van der Waals surface area contributed by atoms with E-state index in [9.17, 15) is 0 Å². The fourth-order valence-electron chi connectivity index (χ4n) is 6.45. The molecule has 0 saturated heterocycles. The summed E-state index contributed by atoms with van der Waals surface area (Å²) in [5, 5.41) is 23.6. The van der Waals surface area contributed by atoms with E-state index in [1.807, 2.05) is 60.9 Å². The number of furan rings is 2. The number of aromatic nitrogens is 10. The van der Waals surface area contributed by atoms with Gasteiger partial charge < -0.3 is 34.2 Å². The highest BCUT2D eigenvalue weighted by molar-refractivity contribution is 6.03. The molecular formula is C36H32N14O3. The van der Waals surface area contributed by atoms with Gasteiger partial charge in [-0.15, -0.1) is 10.2 Å². The SMILES string of the molecule is c1cc2nc(-c3ccc(Cn4cc(COCc5cn(Cc6ccc(-c7nc8ccc(C9=NCCN9)cc8[nH]7)o6)nn5)nn4)o3)[nH]c2cc1C1=NCCN1. The summed E-state index contributed by atoms with van der Waals surface area (Å²) in [5.74, 6) is 5.88. The lowest BCUT2D eigenvalue weighted by Crippen LogP contribution is -2.19. The highest BCUT2D eigenvalue weighted by Gasteiger charge is 2.16. The molecule has 4 N–H and O–H groups in total.